The fraction of sp³-hybridized carbons (Fsp3) is 0.619. The van der Waals surface area contributed by atoms with E-state index in [0.717, 1.165) is 32.1 Å². The molecule has 5 nitrogen and oxygen atoms in total. The number of carboxylic acids is 1. The van der Waals surface area contributed by atoms with Crippen LogP contribution in [0.2, 0.25) is 0 Å². The molecule has 0 aromatic heterocycles. The highest BCUT2D eigenvalue weighted by atomic mass is 16.5. The molecule has 0 amide bonds. The lowest BCUT2D eigenvalue weighted by molar-refractivity contribution is -0.873. The third-order valence-electron chi connectivity index (χ3n) is 3.57. The number of allylic oxidation sites excluding steroid dienone is 6. The van der Waals surface area contributed by atoms with Crippen LogP contribution in [0, 0.1) is 0 Å². The smallest absolute Gasteiger partial charge is 0.307 e. The minimum atomic E-state index is -0.943. The third-order valence-corrected chi connectivity index (χ3v) is 3.57. The number of likely N-dealkylation sites (N-methyl/N-ethyl adjacent to an activating group) is 1. The molecule has 0 saturated heterocycles. The lowest BCUT2D eigenvalue weighted by atomic mass is 10.1. The molecule has 1 atom stereocenters. The number of ether oxygens (including phenoxy) is 1. The van der Waals surface area contributed by atoms with E-state index in [0.29, 0.717) is 17.4 Å². The normalized spacial score (nSPS) is 13.7. The van der Waals surface area contributed by atoms with E-state index in [2.05, 4.69) is 30.4 Å². The first-order valence-electron chi connectivity index (χ1n) is 9.37. The molecule has 1 unspecified atom stereocenters. The van der Waals surface area contributed by atoms with Crippen molar-refractivity contribution < 1.29 is 23.9 Å². The van der Waals surface area contributed by atoms with Crippen LogP contribution < -0.4 is 0 Å². The first-order chi connectivity index (χ1) is 12.2. The van der Waals surface area contributed by atoms with Crippen LogP contribution in [0.1, 0.15) is 51.9 Å². The number of esters is 1. The van der Waals surface area contributed by atoms with Crippen molar-refractivity contribution in [2.75, 3.05) is 27.7 Å². The van der Waals surface area contributed by atoms with Crippen LogP contribution in [0.5, 0.6) is 0 Å². The van der Waals surface area contributed by atoms with E-state index in [1.54, 1.807) is 0 Å². The highest BCUT2D eigenvalue weighted by Gasteiger charge is 2.24. The predicted octanol–water partition coefficient (Wildman–Crippen LogP) is 4.11. The van der Waals surface area contributed by atoms with Crippen LogP contribution in [-0.2, 0) is 14.3 Å². The first kappa shape index (κ1) is 24.1. The molecule has 5 heteroatoms. The van der Waals surface area contributed by atoms with Gasteiger partial charge in [-0.1, -0.05) is 36.5 Å². The predicted molar refractivity (Wildman–Crippen MR) is 106 cm³/mol. The summed E-state index contributed by atoms with van der Waals surface area (Å²) in [7, 11) is 5.85. The van der Waals surface area contributed by atoms with Gasteiger partial charge in [-0.2, -0.15) is 0 Å². The first-order valence-corrected chi connectivity index (χ1v) is 9.37. The van der Waals surface area contributed by atoms with Crippen LogP contribution in [-0.4, -0.2) is 55.3 Å². The van der Waals surface area contributed by atoms with E-state index >= 15 is 0 Å². The molecule has 0 fully saturated rings. The molecule has 0 rings (SSSR count). The number of unbranched alkanes of at least 4 members (excludes halogenated alkanes) is 2. The van der Waals surface area contributed by atoms with Gasteiger partial charge in [0.25, 0.3) is 0 Å². The molecule has 0 saturated carbocycles. The molecule has 0 aliphatic heterocycles. The Hall–Kier alpha value is -1.88. The van der Waals surface area contributed by atoms with Crippen LogP contribution in [0.15, 0.2) is 36.5 Å². The van der Waals surface area contributed by atoms with Gasteiger partial charge in [0.2, 0.25) is 0 Å². The number of carbonyl (C=O) groups excluding carboxylic acids is 1. The van der Waals surface area contributed by atoms with Gasteiger partial charge in [0.15, 0.2) is 6.10 Å². The number of quaternary nitrogens is 1. The summed E-state index contributed by atoms with van der Waals surface area (Å²) in [6.07, 6.45) is 16.8. The van der Waals surface area contributed by atoms with Gasteiger partial charge in [-0.05, 0) is 39.0 Å². The molecule has 0 aromatic carbocycles. The SMILES string of the molecule is C/C=C/C/C=C/C/C=C/CCCCC(=O)OC(CC(=O)O)C[N+](C)(C)C. The average molecular weight is 367 g/mol. The summed E-state index contributed by atoms with van der Waals surface area (Å²) < 4.78 is 5.92. The number of hydrogen-bond donors (Lipinski definition) is 1. The number of nitrogens with zero attached hydrogens (tertiary/aromatic N) is 1. The Morgan fingerprint density at radius 1 is 1.00 bits per heavy atom. The molecule has 0 radical (unpaired) electrons. The molecule has 0 heterocycles. The molecule has 1 N–H and O–H groups in total. The van der Waals surface area contributed by atoms with Crippen LogP contribution in [0.3, 0.4) is 0 Å². The van der Waals surface area contributed by atoms with E-state index < -0.39 is 12.1 Å². The zero-order valence-corrected chi connectivity index (χ0v) is 16.8. The summed E-state index contributed by atoms with van der Waals surface area (Å²) in [6, 6.07) is 0. The maximum Gasteiger partial charge on any atom is 0.307 e. The Bertz CT molecular complexity index is 487. The summed E-state index contributed by atoms with van der Waals surface area (Å²) in [5, 5.41) is 8.96. The number of carbonyl (C=O) groups is 2. The van der Waals surface area contributed by atoms with Gasteiger partial charge in [-0.25, -0.2) is 0 Å². The molecular weight excluding hydrogens is 330 g/mol. The van der Waals surface area contributed by atoms with Crippen molar-refractivity contribution in [2.45, 2.75) is 58.0 Å². The largest absolute Gasteiger partial charge is 0.481 e. The number of hydrogen-bond acceptors (Lipinski definition) is 3. The van der Waals surface area contributed by atoms with E-state index in [9.17, 15) is 9.59 Å². The maximum absolute atomic E-state index is 11.9. The van der Waals surface area contributed by atoms with Crippen molar-refractivity contribution in [1.82, 2.24) is 0 Å². The Kier molecular flexibility index (Phi) is 13.3. The number of carboxylic acid groups (broad SMARTS) is 1. The lowest BCUT2D eigenvalue weighted by Gasteiger charge is -2.28. The Balaban J connectivity index is 3.95. The van der Waals surface area contributed by atoms with Crippen molar-refractivity contribution in [3.8, 4) is 0 Å². The van der Waals surface area contributed by atoms with Crippen molar-refractivity contribution >= 4 is 11.9 Å². The monoisotopic (exact) mass is 366 g/mol. The van der Waals surface area contributed by atoms with Gasteiger partial charge in [-0.15, -0.1) is 0 Å². The summed E-state index contributed by atoms with van der Waals surface area (Å²) >= 11 is 0. The zero-order valence-electron chi connectivity index (χ0n) is 16.8. The fourth-order valence-corrected chi connectivity index (χ4v) is 2.43. The van der Waals surface area contributed by atoms with Gasteiger partial charge >= 0.3 is 11.9 Å². The van der Waals surface area contributed by atoms with Crippen molar-refractivity contribution in [3.63, 3.8) is 0 Å². The summed E-state index contributed by atoms with van der Waals surface area (Å²) in [4.78, 5) is 22.8. The Morgan fingerprint density at radius 2 is 1.62 bits per heavy atom. The van der Waals surface area contributed by atoms with E-state index in [-0.39, 0.29) is 12.4 Å². The molecule has 0 spiro atoms. The fourth-order valence-electron chi connectivity index (χ4n) is 2.43. The van der Waals surface area contributed by atoms with Gasteiger partial charge in [0.1, 0.15) is 6.54 Å². The Labute approximate surface area is 158 Å². The van der Waals surface area contributed by atoms with Gasteiger partial charge in [0.05, 0.1) is 27.6 Å². The quantitative estimate of drug-likeness (QED) is 0.217. The van der Waals surface area contributed by atoms with Crippen LogP contribution >= 0.6 is 0 Å². The standard InChI is InChI=1S/C21H35NO4/c1-5-6-7-8-9-10-11-12-13-14-15-16-21(25)26-19(17-20(23)24)18-22(2,3)4/h5-6,8-9,11-12,19H,7,10,13-18H2,1-4H3/p+1/b6-5+,9-8+,12-11+. The van der Waals surface area contributed by atoms with Crippen molar-refractivity contribution in [2.24, 2.45) is 0 Å². The van der Waals surface area contributed by atoms with E-state index in [4.69, 9.17) is 9.84 Å². The molecule has 0 aromatic rings. The van der Waals surface area contributed by atoms with Gasteiger partial charge in [0, 0.05) is 6.42 Å². The lowest BCUT2D eigenvalue weighted by Crippen LogP contribution is -2.43. The Morgan fingerprint density at radius 3 is 2.19 bits per heavy atom. The third kappa shape index (κ3) is 17.0. The van der Waals surface area contributed by atoms with Crippen LogP contribution in [0.4, 0.5) is 0 Å². The van der Waals surface area contributed by atoms with Crippen molar-refractivity contribution in [3.05, 3.63) is 36.5 Å². The highest BCUT2D eigenvalue weighted by molar-refractivity contribution is 5.71. The number of rotatable bonds is 14. The molecule has 0 aliphatic rings. The molecule has 0 aliphatic carbocycles. The van der Waals surface area contributed by atoms with Crippen molar-refractivity contribution in [1.29, 1.82) is 0 Å². The minimum Gasteiger partial charge on any atom is -0.481 e. The molecule has 26 heavy (non-hydrogen) atoms. The number of aliphatic carboxylic acids is 1. The summed E-state index contributed by atoms with van der Waals surface area (Å²) in [5.41, 5.74) is 0. The average Bonchev–Trinajstić information content (AvgIpc) is 2.50. The van der Waals surface area contributed by atoms with Crippen LogP contribution in [0.25, 0.3) is 0 Å². The van der Waals surface area contributed by atoms with Gasteiger partial charge in [-0.3, -0.25) is 9.59 Å². The second kappa shape index (κ2) is 14.3. The molecule has 148 valence electrons. The maximum atomic E-state index is 11.9. The summed E-state index contributed by atoms with van der Waals surface area (Å²) in [6.45, 7) is 2.50. The topological polar surface area (TPSA) is 63.6 Å². The zero-order chi connectivity index (χ0) is 19.8. The molecular formula is C21H36NO4+. The minimum absolute atomic E-state index is 0.147. The van der Waals surface area contributed by atoms with E-state index in [1.165, 1.54) is 0 Å². The van der Waals surface area contributed by atoms with E-state index in [1.807, 2.05) is 34.1 Å². The summed E-state index contributed by atoms with van der Waals surface area (Å²) in [5.74, 6) is -1.25. The highest BCUT2D eigenvalue weighted by Crippen LogP contribution is 2.09. The second-order valence-electron chi connectivity index (χ2n) is 7.41. The molecule has 0 bridgehead atoms. The van der Waals surface area contributed by atoms with Gasteiger partial charge < -0.3 is 14.3 Å². The second-order valence-corrected chi connectivity index (χ2v) is 7.41.